The Kier molecular flexibility index (Phi) is 7.02. The van der Waals surface area contributed by atoms with E-state index < -0.39 is 0 Å². The van der Waals surface area contributed by atoms with Gasteiger partial charge in [0, 0.05) is 5.56 Å². The van der Waals surface area contributed by atoms with E-state index in [0.29, 0.717) is 5.76 Å². The Morgan fingerprint density at radius 1 is 1.19 bits per heavy atom. The van der Waals surface area contributed by atoms with Crippen molar-refractivity contribution in [2.75, 3.05) is 0 Å². The largest absolute Gasteiger partial charge is 0.462 e. The molecule has 0 aliphatic carbocycles. The van der Waals surface area contributed by atoms with E-state index in [2.05, 4.69) is 25.6 Å². The zero-order valence-corrected chi connectivity index (χ0v) is 11.0. The molecule has 0 heterocycles. The smallest absolute Gasteiger partial charge is 0.126 e. The highest BCUT2D eigenvalue weighted by molar-refractivity contribution is 5.58. The average molecular weight is 218 g/mol. The molecule has 0 radical (unpaired) electrons. The first-order chi connectivity index (χ1) is 7.63. The standard InChI is InChI=1S/C13H16O.C2H6/c1-5-11(3)14-12(4)13-8-6-10(2)7-9-13;1-2/h5-9H,4H2,1-3H3;1-2H3/b11-5-;. The summed E-state index contributed by atoms with van der Waals surface area (Å²) < 4.78 is 5.49. The fraction of sp³-hybridized carbons (Fsp3) is 0.333. The average Bonchev–Trinajstić information content (AvgIpc) is 2.32. The fourth-order valence-corrected chi connectivity index (χ4v) is 1.05. The van der Waals surface area contributed by atoms with Crippen molar-refractivity contribution in [2.24, 2.45) is 0 Å². The number of allylic oxidation sites excluding steroid dienone is 2. The molecular weight excluding hydrogens is 196 g/mol. The summed E-state index contributed by atoms with van der Waals surface area (Å²) in [6, 6.07) is 8.13. The van der Waals surface area contributed by atoms with Crippen molar-refractivity contribution in [1.82, 2.24) is 0 Å². The maximum absolute atomic E-state index is 5.49. The first-order valence-electron chi connectivity index (χ1n) is 5.70. The van der Waals surface area contributed by atoms with Gasteiger partial charge in [-0.25, -0.2) is 0 Å². The zero-order valence-electron chi connectivity index (χ0n) is 11.0. The van der Waals surface area contributed by atoms with Gasteiger partial charge >= 0.3 is 0 Å². The summed E-state index contributed by atoms with van der Waals surface area (Å²) in [5, 5.41) is 0. The minimum Gasteiger partial charge on any atom is -0.462 e. The number of rotatable bonds is 3. The molecule has 0 spiro atoms. The van der Waals surface area contributed by atoms with Crippen LogP contribution in [0.15, 0.2) is 42.7 Å². The van der Waals surface area contributed by atoms with Crippen molar-refractivity contribution < 1.29 is 4.74 Å². The van der Waals surface area contributed by atoms with E-state index in [1.165, 1.54) is 5.56 Å². The van der Waals surface area contributed by atoms with Crippen molar-refractivity contribution in [3.63, 3.8) is 0 Å². The van der Waals surface area contributed by atoms with Crippen molar-refractivity contribution in [3.05, 3.63) is 53.8 Å². The second kappa shape index (κ2) is 7.75. The van der Waals surface area contributed by atoms with E-state index in [1.807, 2.05) is 45.9 Å². The van der Waals surface area contributed by atoms with Crippen LogP contribution >= 0.6 is 0 Å². The molecule has 1 heteroatoms. The van der Waals surface area contributed by atoms with Gasteiger partial charge in [0.2, 0.25) is 0 Å². The Morgan fingerprint density at radius 3 is 2.12 bits per heavy atom. The molecule has 0 bridgehead atoms. The molecule has 16 heavy (non-hydrogen) atoms. The lowest BCUT2D eigenvalue weighted by Crippen LogP contribution is -1.88. The summed E-state index contributed by atoms with van der Waals surface area (Å²) in [5.41, 5.74) is 2.26. The Bertz CT molecular complexity index is 344. The molecule has 1 rings (SSSR count). The summed E-state index contributed by atoms with van der Waals surface area (Å²) >= 11 is 0. The molecular formula is C15H22O. The molecule has 0 N–H and O–H groups in total. The van der Waals surface area contributed by atoms with Crippen LogP contribution in [0.1, 0.15) is 38.8 Å². The van der Waals surface area contributed by atoms with Crippen LogP contribution in [0.4, 0.5) is 0 Å². The molecule has 1 aromatic rings. The molecule has 1 aromatic carbocycles. The van der Waals surface area contributed by atoms with Gasteiger partial charge in [-0.2, -0.15) is 0 Å². The molecule has 1 nitrogen and oxygen atoms in total. The monoisotopic (exact) mass is 218 g/mol. The van der Waals surface area contributed by atoms with E-state index in [4.69, 9.17) is 4.74 Å². The van der Waals surface area contributed by atoms with Crippen LogP contribution in [0.25, 0.3) is 5.76 Å². The summed E-state index contributed by atoms with van der Waals surface area (Å²) in [4.78, 5) is 0. The Balaban J connectivity index is 0.00000106. The van der Waals surface area contributed by atoms with Crippen molar-refractivity contribution >= 4 is 5.76 Å². The molecule has 0 amide bonds. The van der Waals surface area contributed by atoms with Gasteiger partial charge < -0.3 is 4.74 Å². The van der Waals surface area contributed by atoms with Gasteiger partial charge in [0.15, 0.2) is 0 Å². The van der Waals surface area contributed by atoms with Crippen LogP contribution in [0.2, 0.25) is 0 Å². The number of hydrogen-bond donors (Lipinski definition) is 0. The van der Waals surface area contributed by atoms with Crippen LogP contribution in [-0.2, 0) is 4.74 Å². The normalized spacial score (nSPS) is 10.2. The summed E-state index contributed by atoms with van der Waals surface area (Å²) in [6.07, 6.45) is 1.92. The van der Waals surface area contributed by atoms with Crippen molar-refractivity contribution in [3.8, 4) is 0 Å². The van der Waals surface area contributed by atoms with Crippen molar-refractivity contribution in [1.29, 1.82) is 0 Å². The fourth-order valence-electron chi connectivity index (χ4n) is 1.05. The van der Waals surface area contributed by atoms with Gasteiger partial charge in [0.05, 0.1) is 5.76 Å². The molecule has 0 aliphatic rings. The van der Waals surface area contributed by atoms with E-state index in [1.54, 1.807) is 0 Å². The van der Waals surface area contributed by atoms with Gasteiger partial charge in [-0.05, 0) is 26.8 Å². The minimum absolute atomic E-state index is 0.695. The molecule has 0 aliphatic heterocycles. The Labute approximate surface area is 99.5 Å². The number of aryl methyl sites for hydroxylation is 1. The predicted octanol–water partition coefficient (Wildman–Crippen LogP) is 4.93. The Hall–Kier alpha value is -1.50. The third kappa shape index (κ3) is 4.83. The topological polar surface area (TPSA) is 9.23 Å². The van der Waals surface area contributed by atoms with Crippen molar-refractivity contribution in [2.45, 2.75) is 34.6 Å². The van der Waals surface area contributed by atoms with E-state index in [0.717, 1.165) is 11.3 Å². The van der Waals surface area contributed by atoms with Gasteiger partial charge in [-0.15, -0.1) is 0 Å². The first kappa shape index (κ1) is 14.5. The third-order valence-electron chi connectivity index (χ3n) is 2.06. The molecule has 0 unspecified atom stereocenters. The van der Waals surface area contributed by atoms with Crippen LogP contribution in [0.3, 0.4) is 0 Å². The van der Waals surface area contributed by atoms with Gasteiger partial charge in [-0.1, -0.05) is 50.3 Å². The maximum atomic E-state index is 5.49. The van der Waals surface area contributed by atoms with Crippen LogP contribution in [-0.4, -0.2) is 0 Å². The van der Waals surface area contributed by atoms with Gasteiger partial charge in [-0.3, -0.25) is 0 Å². The zero-order chi connectivity index (χ0) is 12.6. The predicted molar refractivity (Wildman–Crippen MR) is 72.1 cm³/mol. The molecule has 0 fully saturated rings. The van der Waals surface area contributed by atoms with Crippen LogP contribution < -0.4 is 0 Å². The molecule has 0 saturated heterocycles. The third-order valence-corrected chi connectivity index (χ3v) is 2.06. The quantitative estimate of drug-likeness (QED) is 0.653. The molecule has 88 valence electrons. The lowest BCUT2D eigenvalue weighted by molar-refractivity contribution is 0.385. The van der Waals surface area contributed by atoms with Gasteiger partial charge in [0.1, 0.15) is 5.76 Å². The highest BCUT2D eigenvalue weighted by Crippen LogP contribution is 2.17. The van der Waals surface area contributed by atoms with E-state index >= 15 is 0 Å². The number of ether oxygens (including phenoxy) is 1. The molecule has 0 atom stereocenters. The number of benzene rings is 1. The molecule has 0 saturated carbocycles. The lowest BCUT2D eigenvalue weighted by atomic mass is 10.1. The van der Waals surface area contributed by atoms with Gasteiger partial charge in [0.25, 0.3) is 0 Å². The van der Waals surface area contributed by atoms with E-state index in [9.17, 15) is 0 Å². The lowest BCUT2D eigenvalue weighted by Gasteiger charge is -2.08. The summed E-state index contributed by atoms with van der Waals surface area (Å²) in [7, 11) is 0. The van der Waals surface area contributed by atoms with Crippen LogP contribution in [0, 0.1) is 6.92 Å². The molecule has 0 aromatic heterocycles. The maximum Gasteiger partial charge on any atom is 0.126 e. The number of hydrogen-bond acceptors (Lipinski definition) is 1. The Morgan fingerprint density at radius 2 is 1.69 bits per heavy atom. The SMILES string of the molecule is C=C(O/C(C)=C\C)c1ccc(C)cc1.CC. The summed E-state index contributed by atoms with van der Waals surface area (Å²) in [5.74, 6) is 1.57. The first-order valence-corrected chi connectivity index (χ1v) is 5.70. The highest BCUT2D eigenvalue weighted by Gasteiger charge is 1.99. The minimum atomic E-state index is 0.695. The second-order valence-corrected chi connectivity index (χ2v) is 3.29. The highest BCUT2D eigenvalue weighted by atomic mass is 16.5. The second-order valence-electron chi connectivity index (χ2n) is 3.29. The summed E-state index contributed by atoms with van der Waals surface area (Å²) in [6.45, 7) is 13.8. The van der Waals surface area contributed by atoms with Crippen LogP contribution in [0.5, 0.6) is 0 Å². The van der Waals surface area contributed by atoms with E-state index in [-0.39, 0.29) is 0 Å².